The van der Waals surface area contributed by atoms with Gasteiger partial charge in [-0.1, -0.05) is 6.08 Å². The van der Waals surface area contributed by atoms with Crippen molar-refractivity contribution in [2.45, 2.75) is 24.8 Å². The first kappa shape index (κ1) is 10.6. The molecule has 2 N–H and O–H groups in total. The van der Waals surface area contributed by atoms with Crippen molar-refractivity contribution in [1.82, 2.24) is 4.90 Å². The van der Waals surface area contributed by atoms with Gasteiger partial charge < -0.3 is 10.2 Å². The molecular weight excluding hydrogens is 186 g/mol. The van der Waals surface area contributed by atoms with Crippen LogP contribution in [-0.4, -0.2) is 39.3 Å². The van der Waals surface area contributed by atoms with Gasteiger partial charge in [-0.3, -0.25) is 4.90 Å². The third-order valence-electron chi connectivity index (χ3n) is 2.60. The molecule has 0 bridgehead atoms. The molecule has 1 heterocycles. The van der Waals surface area contributed by atoms with E-state index < -0.39 is 17.6 Å². The molecule has 1 rings (SSSR count). The Morgan fingerprint density at radius 1 is 1.50 bits per heavy atom. The Bertz CT molecular complexity index is 276. The summed E-state index contributed by atoms with van der Waals surface area (Å²) >= 11 is 0. The average Bonchev–Trinajstić information content (AvgIpc) is 2.50. The Morgan fingerprint density at radius 3 is 2.57 bits per heavy atom. The van der Waals surface area contributed by atoms with Crippen LogP contribution in [0.2, 0.25) is 0 Å². The zero-order valence-electron chi connectivity index (χ0n) is 7.77. The lowest BCUT2D eigenvalue weighted by atomic mass is 9.92. The van der Waals surface area contributed by atoms with Gasteiger partial charge in [-0.2, -0.15) is 0 Å². The van der Waals surface area contributed by atoms with E-state index in [4.69, 9.17) is 10.2 Å². The molecule has 0 aliphatic carbocycles. The monoisotopic (exact) mass is 199 g/mol. The SMILES string of the molecule is C=CCC1(C(=O)O)CCCN1C(=O)O. The highest BCUT2D eigenvalue weighted by Crippen LogP contribution is 2.33. The summed E-state index contributed by atoms with van der Waals surface area (Å²) in [6.45, 7) is 3.75. The Balaban J connectivity index is 3.00. The van der Waals surface area contributed by atoms with Gasteiger partial charge in [0.15, 0.2) is 0 Å². The summed E-state index contributed by atoms with van der Waals surface area (Å²) in [6, 6.07) is 0. The van der Waals surface area contributed by atoms with E-state index in [0.717, 1.165) is 4.90 Å². The molecule has 0 aromatic heterocycles. The Kier molecular flexibility index (Phi) is 2.78. The third-order valence-corrected chi connectivity index (χ3v) is 2.60. The lowest BCUT2D eigenvalue weighted by Crippen LogP contribution is -2.52. The quantitative estimate of drug-likeness (QED) is 0.668. The van der Waals surface area contributed by atoms with Gasteiger partial charge in [0.1, 0.15) is 5.54 Å². The van der Waals surface area contributed by atoms with E-state index in [1.807, 2.05) is 0 Å². The van der Waals surface area contributed by atoms with Gasteiger partial charge in [0.25, 0.3) is 0 Å². The Labute approximate surface area is 81.6 Å². The number of likely N-dealkylation sites (tertiary alicyclic amines) is 1. The number of rotatable bonds is 3. The van der Waals surface area contributed by atoms with E-state index in [2.05, 4.69) is 6.58 Å². The topological polar surface area (TPSA) is 77.8 Å². The van der Waals surface area contributed by atoms with Crippen LogP contribution in [-0.2, 0) is 4.79 Å². The van der Waals surface area contributed by atoms with Crippen molar-refractivity contribution in [3.8, 4) is 0 Å². The molecule has 1 saturated heterocycles. The standard InChI is InChI=1S/C9H13NO4/c1-2-4-9(7(11)12)5-3-6-10(9)8(13)14/h2H,1,3-6H2,(H,11,12)(H,13,14). The molecule has 14 heavy (non-hydrogen) atoms. The molecule has 1 aliphatic rings. The molecule has 0 aromatic carbocycles. The molecule has 78 valence electrons. The van der Waals surface area contributed by atoms with E-state index in [0.29, 0.717) is 12.8 Å². The predicted molar refractivity (Wildman–Crippen MR) is 49.1 cm³/mol. The van der Waals surface area contributed by atoms with Crippen LogP contribution in [0.3, 0.4) is 0 Å². The average molecular weight is 199 g/mol. The van der Waals surface area contributed by atoms with Crippen molar-refractivity contribution in [3.63, 3.8) is 0 Å². The molecule has 0 saturated carbocycles. The number of hydrogen-bond donors (Lipinski definition) is 2. The van der Waals surface area contributed by atoms with Crippen molar-refractivity contribution in [1.29, 1.82) is 0 Å². The predicted octanol–water partition coefficient (Wildman–Crippen LogP) is 1.16. The number of amides is 1. The van der Waals surface area contributed by atoms with Crippen molar-refractivity contribution in [2.75, 3.05) is 6.54 Å². The number of carbonyl (C=O) groups is 2. The lowest BCUT2D eigenvalue weighted by molar-refractivity contribution is -0.148. The highest BCUT2D eigenvalue weighted by atomic mass is 16.4. The van der Waals surface area contributed by atoms with Crippen LogP contribution in [0, 0.1) is 0 Å². The summed E-state index contributed by atoms with van der Waals surface area (Å²) in [5.74, 6) is -1.09. The number of hydrogen-bond acceptors (Lipinski definition) is 2. The fourth-order valence-corrected chi connectivity index (χ4v) is 1.92. The third kappa shape index (κ3) is 1.45. The van der Waals surface area contributed by atoms with Crippen LogP contribution in [0.5, 0.6) is 0 Å². The molecule has 1 fully saturated rings. The molecule has 1 amide bonds. The number of nitrogens with zero attached hydrogens (tertiary/aromatic N) is 1. The van der Waals surface area contributed by atoms with Crippen molar-refractivity contribution in [2.24, 2.45) is 0 Å². The van der Waals surface area contributed by atoms with E-state index in [1.54, 1.807) is 0 Å². The zero-order chi connectivity index (χ0) is 10.8. The Hall–Kier alpha value is -1.52. The maximum atomic E-state index is 11.1. The first-order valence-corrected chi connectivity index (χ1v) is 4.39. The van der Waals surface area contributed by atoms with E-state index >= 15 is 0 Å². The summed E-state index contributed by atoms with van der Waals surface area (Å²) in [6.07, 6.45) is 1.39. The highest BCUT2D eigenvalue weighted by Gasteiger charge is 2.49. The van der Waals surface area contributed by atoms with Gasteiger partial charge in [-0.05, 0) is 19.3 Å². The molecule has 5 nitrogen and oxygen atoms in total. The summed E-state index contributed by atoms with van der Waals surface area (Å²) in [5, 5.41) is 17.9. The fraction of sp³-hybridized carbons (Fsp3) is 0.556. The van der Waals surface area contributed by atoms with Gasteiger partial charge in [-0.25, -0.2) is 9.59 Å². The van der Waals surface area contributed by atoms with E-state index in [1.165, 1.54) is 6.08 Å². The lowest BCUT2D eigenvalue weighted by Gasteiger charge is -2.31. The minimum absolute atomic E-state index is 0.161. The largest absolute Gasteiger partial charge is 0.479 e. The van der Waals surface area contributed by atoms with Gasteiger partial charge in [0, 0.05) is 6.54 Å². The number of carboxylic acid groups (broad SMARTS) is 2. The molecule has 1 unspecified atom stereocenters. The van der Waals surface area contributed by atoms with Gasteiger partial charge in [-0.15, -0.1) is 6.58 Å². The summed E-state index contributed by atoms with van der Waals surface area (Å²) in [4.78, 5) is 22.9. The van der Waals surface area contributed by atoms with Crippen molar-refractivity contribution >= 4 is 12.1 Å². The van der Waals surface area contributed by atoms with Crippen LogP contribution in [0.1, 0.15) is 19.3 Å². The first-order chi connectivity index (χ1) is 6.54. The normalized spacial score (nSPS) is 26.1. The van der Waals surface area contributed by atoms with E-state index in [9.17, 15) is 9.59 Å². The molecule has 0 aromatic rings. The minimum atomic E-state index is -1.28. The molecule has 1 atom stereocenters. The van der Waals surface area contributed by atoms with Crippen LogP contribution in [0.4, 0.5) is 4.79 Å². The zero-order valence-corrected chi connectivity index (χ0v) is 7.77. The van der Waals surface area contributed by atoms with Crippen LogP contribution >= 0.6 is 0 Å². The molecular formula is C9H13NO4. The fourth-order valence-electron chi connectivity index (χ4n) is 1.92. The molecule has 1 aliphatic heterocycles. The molecule has 0 spiro atoms. The second kappa shape index (κ2) is 3.69. The summed E-state index contributed by atoms with van der Waals surface area (Å²) in [7, 11) is 0. The van der Waals surface area contributed by atoms with Gasteiger partial charge >= 0.3 is 12.1 Å². The van der Waals surface area contributed by atoms with Crippen LogP contribution < -0.4 is 0 Å². The summed E-state index contributed by atoms with van der Waals surface area (Å²) in [5.41, 5.74) is -1.28. The van der Waals surface area contributed by atoms with Gasteiger partial charge in [0.05, 0.1) is 0 Å². The summed E-state index contributed by atoms with van der Waals surface area (Å²) < 4.78 is 0. The van der Waals surface area contributed by atoms with Gasteiger partial charge in [0.2, 0.25) is 0 Å². The van der Waals surface area contributed by atoms with Crippen LogP contribution in [0.15, 0.2) is 12.7 Å². The highest BCUT2D eigenvalue weighted by molar-refractivity contribution is 5.84. The van der Waals surface area contributed by atoms with Crippen molar-refractivity contribution < 1.29 is 19.8 Å². The maximum absolute atomic E-state index is 11.1. The second-order valence-electron chi connectivity index (χ2n) is 3.37. The molecule has 0 radical (unpaired) electrons. The maximum Gasteiger partial charge on any atom is 0.408 e. The second-order valence-corrected chi connectivity index (χ2v) is 3.37. The van der Waals surface area contributed by atoms with Crippen LogP contribution in [0.25, 0.3) is 0 Å². The van der Waals surface area contributed by atoms with Crippen molar-refractivity contribution in [3.05, 3.63) is 12.7 Å². The molecule has 5 heteroatoms. The minimum Gasteiger partial charge on any atom is -0.479 e. The Morgan fingerprint density at radius 2 is 2.14 bits per heavy atom. The van der Waals surface area contributed by atoms with E-state index in [-0.39, 0.29) is 13.0 Å². The number of aliphatic carboxylic acids is 1. The smallest absolute Gasteiger partial charge is 0.408 e. The number of carboxylic acids is 1. The first-order valence-electron chi connectivity index (χ1n) is 4.39.